The molecule has 3 N–H and O–H groups in total. The molecule has 0 fully saturated rings. The van der Waals surface area contributed by atoms with E-state index >= 15 is 0 Å². The first-order chi connectivity index (χ1) is 19.4. The van der Waals surface area contributed by atoms with Gasteiger partial charge in [-0.2, -0.15) is 0 Å². The maximum absolute atomic E-state index is 13.1. The number of hydrogen-bond donors (Lipinski definition) is 3. The molecule has 4 aromatic rings. The van der Waals surface area contributed by atoms with Gasteiger partial charge in [-0.1, -0.05) is 45.9 Å². The SMILES string of the molecule is CCN(CC)CCNc1nccc(-c2cccnc2Nc2cc(C(=O)Nc3cccc(C(C)C)c3)ccc2C)n1. The van der Waals surface area contributed by atoms with Crippen LogP contribution in [-0.4, -0.2) is 51.9 Å². The van der Waals surface area contributed by atoms with Crippen LogP contribution in [-0.2, 0) is 0 Å². The zero-order chi connectivity index (χ0) is 28.5. The highest BCUT2D eigenvalue weighted by molar-refractivity contribution is 6.05. The molecule has 0 radical (unpaired) electrons. The smallest absolute Gasteiger partial charge is 0.255 e. The van der Waals surface area contributed by atoms with Gasteiger partial charge in [-0.05, 0) is 79.5 Å². The summed E-state index contributed by atoms with van der Waals surface area (Å²) in [6.07, 6.45) is 3.49. The van der Waals surface area contributed by atoms with Gasteiger partial charge in [0.15, 0.2) is 0 Å². The van der Waals surface area contributed by atoms with Crippen LogP contribution in [0.1, 0.15) is 55.1 Å². The van der Waals surface area contributed by atoms with Gasteiger partial charge < -0.3 is 20.9 Å². The summed E-state index contributed by atoms with van der Waals surface area (Å²) in [5, 5.41) is 9.80. The van der Waals surface area contributed by atoms with Crippen molar-refractivity contribution in [3.63, 3.8) is 0 Å². The molecular formula is C32H39N7O. The Morgan fingerprint density at radius 1 is 0.950 bits per heavy atom. The largest absolute Gasteiger partial charge is 0.353 e. The fourth-order valence-corrected chi connectivity index (χ4v) is 4.38. The van der Waals surface area contributed by atoms with Crippen LogP contribution in [0.3, 0.4) is 0 Å². The second-order valence-corrected chi connectivity index (χ2v) is 10.0. The molecule has 4 rings (SSSR count). The molecule has 208 valence electrons. The molecule has 1 amide bonds. The van der Waals surface area contributed by atoms with Gasteiger partial charge in [0.2, 0.25) is 5.95 Å². The van der Waals surface area contributed by atoms with Crippen LogP contribution < -0.4 is 16.0 Å². The van der Waals surface area contributed by atoms with E-state index in [1.165, 1.54) is 5.56 Å². The first-order valence-electron chi connectivity index (χ1n) is 13.9. The van der Waals surface area contributed by atoms with Crippen molar-refractivity contribution >= 4 is 29.0 Å². The predicted octanol–water partition coefficient (Wildman–Crippen LogP) is 6.72. The van der Waals surface area contributed by atoms with E-state index in [1.807, 2.05) is 61.5 Å². The van der Waals surface area contributed by atoms with Gasteiger partial charge in [-0.25, -0.2) is 15.0 Å². The molecule has 0 spiro atoms. The third kappa shape index (κ3) is 7.42. The highest BCUT2D eigenvalue weighted by atomic mass is 16.1. The van der Waals surface area contributed by atoms with E-state index in [4.69, 9.17) is 4.98 Å². The van der Waals surface area contributed by atoms with E-state index < -0.39 is 0 Å². The summed E-state index contributed by atoms with van der Waals surface area (Å²) < 4.78 is 0. The average Bonchev–Trinajstić information content (AvgIpc) is 2.97. The van der Waals surface area contributed by atoms with Crippen molar-refractivity contribution in [2.45, 2.75) is 40.5 Å². The fourth-order valence-electron chi connectivity index (χ4n) is 4.38. The van der Waals surface area contributed by atoms with Crippen molar-refractivity contribution in [3.8, 4) is 11.3 Å². The van der Waals surface area contributed by atoms with Gasteiger partial charge in [0.25, 0.3) is 5.91 Å². The third-order valence-corrected chi connectivity index (χ3v) is 6.91. The normalized spacial score (nSPS) is 11.1. The number of hydrogen-bond acceptors (Lipinski definition) is 7. The lowest BCUT2D eigenvalue weighted by Crippen LogP contribution is -2.28. The van der Waals surface area contributed by atoms with Crippen molar-refractivity contribution in [2.24, 2.45) is 0 Å². The molecule has 2 heterocycles. The van der Waals surface area contributed by atoms with Crippen LogP contribution in [0.15, 0.2) is 73.1 Å². The predicted molar refractivity (Wildman–Crippen MR) is 164 cm³/mol. The van der Waals surface area contributed by atoms with E-state index in [9.17, 15) is 4.79 Å². The lowest BCUT2D eigenvalue weighted by Gasteiger charge is -2.18. The van der Waals surface area contributed by atoms with E-state index in [1.54, 1.807) is 12.4 Å². The van der Waals surface area contributed by atoms with E-state index in [0.717, 1.165) is 54.4 Å². The Hall–Kier alpha value is -4.30. The number of rotatable bonds is 12. The Kier molecular flexibility index (Phi) is 9.81. The van der Waals surface area contributed by atoms with Gasteiger partial charge in [0.05, 0.1) is 5.69 Å². The molecule has 0 aliphatic rings. The number of amides is 1. The van der Waals surface area contributed by atoms with E-state index in [-0.39, 0.29) is 5.91 Å². The van der Waals surface area contributed by atoms with Gasteiger partial charge >= 0.3 is 0 Å². The minimum Gasteiger partial charge on any atom is -0.353 e. The van der Waals surface area contributed by atoms with Crippen molar-refractivity contribution < 1.29 is 4.79 Å². The number of likely N-dealkylation sites (N-methyl/N-ethyl adjacent to an activating group) is 1. The molecule has 0 saturated carbocycles. The number of nitrogens with one attached hydrogen (secondary N) is 3. The van der Waals surface area contributed by atoms with Crippen molar-refractivity contribution in [2.75, 3.05) is 42.1 Å². The van der Waals surface area contributed by atoms with Crippen molar-refractivity contribution in [3.05, 3.63) is 89.7 Å². The van der Waals surface area contributed by atoms with Crippen LogP contribution in [0.2, 0.25) is 0 Å². The van der Waals surface area contributed by atoms with Crippen molar-refractivity contribution in [1.82, 2.24) is 19.9 Å². The topological polar surface area (TPSA) is 95.1 Å². The maximum Gasteiger partial charge on any atom is 0.255 e. The summed E-state index contributed by atoms with van der Waals surface area (Å²) in [5.74, 6) is 1.45. The van der Waals surface area contributed by atoms with Gasteiger partial charge in [-0.15, -0.1) is 0 Å². The Morgan fingerprint density at radius 3 is 2.55 bits per heavy atom. The standard InChI is InChI=1S/C32H39N7O/c1-6-39(7-2)19-18-35-32-34-17-15-28(38-32)27-12-9-16-33-30(27)37-29-21-25(14-13-23(29)5)31(40)36-26-11-8-10-24(20-26)22(3)4/h8-17,20-22H,6-7,18-19H2,1-5H3,(H,33,37)(H,36,40)(H,34,35,38). The minimum absolute atomic E-state index is 0.165. The number of anilines is 4. The molecule has 0 bridgehead atoms. The van der Waals surface area contributed by atoms with Gasteiger partial charge in [0.1, 0.15) is 5.82 Å². The fraction of sp³-hybridized carbons (Fsp3) is 0.312. The van der Waals surface area contributed by atoms with Crippen LogP contribution in [0.25, 0.3) is 11.3 Å². The molecule has 8 heteroatoms. The molecule has 0 atom stereocenters. The average molecular weight is 538 g/mol. The molecule has 0 aliphatic carbocycles. The molecule has 0 aliphatic heterocycles. The third-order valence-electron chi connectivity index (χ3n) is 6.91. The first-order valence-corrected chi connectivity index (χ1v) is 13.9. The zero-order valence-corrected chi connectivity index (χ0v) is 24.0. The number of carbonyl (C=O) groups excluding carboxylic acids is 1. The summed E-state index contributed by atoms with van der Waals surface area (Å²) in [6.45, 7) is 14.3. The van der Waals surface area contributed by atoms with Crippen LogP contribution >= 0.6 is 0 Å². The highest BCUT2D eigenvalue weighted by Crippen LogP contribution is 2.29. The molecule has 0 saturated heterocycles. The Balaban J connectivity index is 1.52. The number of aromatic nitrogens is 3. The lowest BCUT2D eigenvalue weighted by atomic mass is 10.0. The van der Waals surface area contributed by atoms with Crippen LogP contribution in [0.4, 0.5) is 23.1 Å². The number of carbonyl (C=O) groups is 1. The molecular weight excluding hydrogens is 498 g/mol. The zero-order valence-electron chi connectivity index (χ0n) is 24.0. The quantitative estimate of drug-likeness (QED) is 0.185. The Labute approximate surface area is 237 Å². The van der Waals surface area contributed by atoms with Crippen LogP contribution in [0, 0.1) is 6.92 Å². The summed E-state index contributed by atoms with van der Waals surface area (Å²) in [7, 11) is 0. The second kappa shape index (κ2) is 13.7. The molecule has 40 heavy (non-hydrogen) atoms. The second-order valence-electron chi connectivity index (χ2n) is 10.0. The lowest BCUT2D eigenvalue weighted by molar-refractivity contribution is 0.102. The van der Waals surface area contributed by atoms with Crippen molar-refractivity contribution in [1.29, 1.82) is 0 Å². The number of benzene rings is 2. The first kappa shape index (κ1) is 28.7. The number of nitrogens with zero attached hydrogens (tertiary/aromatic N) is 4. The summed E-state index contributed by atoms with van der Waals surface area (Å²) >= 11 is 0. The molecule has 8 nitrogen and oxygen atoms in total. The minimum atomic E-state index is -0.165. The number of pyridine rings is 1. The molecule has 2 aromatic carbocycles. The monoisotopic (exact) mass is 537 g/mol. The molecule has 0 unspecified atom stereocenters. The maximum atomic E-state index is 13.1. The summed E-state index contributed by atoms with van der Waals surface area (Å²) in [4.78, 5) is 29.2. The van der Waals surface area contributed by atoms with Gasteiger partial charge in [-0.3, -0.25) is 4.79 Å². The summed E-state index contributed by atoms with van der Waals surface area (Å²) in [6, 6.07) is 19.3. The number of aryl methyl sites for hydroxylation is 1. The highest BCUT2D eigenvalue weighted by Gasteiger charge is 2.13. The van der Waals surface area contributed by atoms with E-state index in [0.29, 0.717) is 23.2 Å². The Bertz CT molecular complexity index is 1430. The van der Waals surface area contributed by atoms with Gasteiger partial charge in [0, 0.05) is 48.0 Å². The van der Waals surface area contributed by atoms with E-state index in [2.05, 4.69) is 64.6 Å². The Morgan fingerprint density at radius 2 is 1.77 bits per heavy atom. The molecule has 2 aromatic heterocycles. The van der Waals surface area contributed by atoms with Crippen LogP contribution in [0.5, 0.6) is 0 Å². The summed E-state index contributed by atoms with van der Waals surface area (Å²) in [5.41, 5.74) is 5.92.